The van der Waals surface area contributed by atoms with Gasteiger partial charge in [-0.1, -0.05) is 13.0 Å². The number of ether oxygens (including phenoxy) is 4. The molecule has 1 N–H and O–H groups in total. The van der Waals surface area contributed by atoms with E-state index in [0.717, 1.165) is 29.7 Å². The van der Waals surface area contributed by atoms with Crippen LogP contribution in [0.15, 0.2) is 18.2 Å². The molecule has 1 aliphatic rings. The normalized spacial score (nSPS) is 15.7. The number of methoxy groups -OCH3 is 2. The zero-order valence-corrected chi connectivity index (χ0v) is 20.3. The van der Waals surface area contributed by atoms with Gasteiger partial charge >= 0.3 is 11.9 Å². The number of amides is 1. The van der Waals surface area contributed by atoms with Gasteiger partial charge in [-0.2, -0.15) is 0 Å². The predicted octanol–water partition coefficient (Wildman–Crippen LogP) is 4.25. The molecule has 0 unspecified atom stereocenters. The maximum atomic E-state index is 12.9. The van der Waals surface area contributed by atoms with Crippen LogP contribution in [-0.2, 0) is 27.1 Å². The van der Waals surface area contributed by atoms with Crippen LogP contribution < -0.4 is 14.8 Å². The number of carbonyl (C=O) groups is 3. The first kappa shape index (κ1) is 24.6. The summed E-state index contributed by atoms with van der Waals surface area (Å²) in [7, 11) is 2.86. The van der Waals surface area contributed by atoms with Crippen molar-refractivity contribution in [2.75, 3.05) is 26.1 Å². The van der Waals surface area contributed by atoms with Crippen LogP contribution in [0.5, 0.6) is 11.5 Å². The molecule has 0 aliphatic heterocycles. The maximum absolute atomic E-state index is 12.9. The fraction of sp³-hybridized carbons (Fsp3) is 0.458. The smallest absolute Gasteiger partial charge is 0.346 e. The predicted molar refractivity (Wildman–Crippen MR) is 125 cm³/mol. The van der Waals surface area contributed by atoms with Crippen molar-refractivity contribution in [3.05, 3.63) is 39.8 Å². The number of anilines is 1. The summed E-state index contributed by atoms with van der Waals surface area (Å²) in [6.45, 7) is 5.61. The lowest BCUT2D eigenvalue weighted by Crippen LogP contribution is -2.30. The lowest BCUT2D eigenvalue weighted by Gasteiger charge is -2.18. The number of fused-ring (bicyclic) bond motifs is 1. The van der Waals surface area contributed by atoms with Crippen LogP contribution in [0.25, 0.3) is 0 Å². The van der Waals surface area contributed by atoms with E-state index in [-0.39, 0.29) is 23.7 Å². The highest BCUT2D eigenvalue weighted by molar-refractivity contribution is 7.17. The Morgan fingerprint density at radius 3 is 2.39 bits per heavy atom. The van der Waals surface area contributed by atoms with Crippen molar-refractivity contribution in [3.8, 4) is 11.5 Å². The second-order valence-electron chi connectivity index (χ2n) is 7.85. The Labute approximate surface area is 197 Å². The highest BCUT2D eigenvalue weighted by Gasteiger charge is 2.31. The monoisotopic (exact) mass is 475 g/mol. The summed E-state index contributed by atoms with van der Waals surface area (Å²) in [5.74, 6) is -0.701. The molecule has 2 aromatic rings. The molecule has 178 valence electrons. The van der Waals surface area contributed by atoms with Crippen LogP contribution in [-0.4, -0.2) is 44.8 Å². The molecule has 33 heavy (non-hydrogen) atoms. The maximum Gasteiger partial charge on any atom is 0.346 e. The molecule has 9 heteroatoms. The summed E-state index contributed by atoms with van der Waals surface area (Å²) < 4.78 is 21.1. The van der Waals surface area contributed by atoms with Gasteiger partial charge in [0.15, 0.2) is 6.10 Å². The largest absolute Gasteiger partial charge is 0.496 e. The van der Waals surface area contributed by atoms with Gasteiger partial charge in [-0.3, -0.25) is 4.79 Å². The molecule has 0 radical (unpaired) electrons. The first-order chi connectivity index (χ1) is 15.8. The molecule has 1 aromatic heterocycles. The Kier molecular flexibility index (Phi) is 7.97. The SMILES string of the molecule is CCOC(=O)c1c(NC(=O)[C@@H](C)OC(=O)c2c(OC)cccc2OC)sc2c1CC[C@H](C)C2. The third-order valence-electron chi connectivity index (χ3n) is 5.51. The average Bonchev–Trinajstić information content (AvgIpc) is 3.15. The number of esters is 2. The quantitative estimate of drug-likeness (QED) is 0.570. The van der Waals surface area contributed by atoms with E-state index >= 15 is 0 Å². The van der Waals surface area contributed by atoms with Crippen LogP contribution in [0.2, 0.25) is 0 Å². The van der Waals surface area contributed by atoms with Gasteiger partial charge in [-0.05, 0) is 56.7 Å². The summed E-state index contributed by atoms with van der Waals surface area (Å²) in [5.41, 5.74) is 1.44. The fourth-order valence-corrected chi connectivity index (χ4v) is 5.20. The molecular weight excluding hydrogens is 446 g/mol. The van der Waals surface area contributed by atoms with E-state index in [0.29, 0.717) is 16.5 Å². The first-order valence-corrected chi connectivity index (χ1v) is 11.7. The standard InChI is InChI=1S/C24H29NO7S/c1-6-31-23(27)19-15-11-10-13(2)12-18(15)33-22(19)25-21(26)14(3)32-24(28)20-16(29-4)8-7-9-17(20)30-5/h7-9,13-14H,6,10-12H2,1-5H3,(H,25,26)/t13-,14+/m0/s1. The molecule has 1 aromatic carbocycles. The third-order valence-corrected chi connectivity index (χ3v) is 6.68. The van der Waals surface area contributed by atoms with E-state index in [4.69, 9.17) is 18.9 Å². The van der Waals surface area contributed by atoms with E-state index in [1.54, 1.807) is 25.1 Å². The molecule has 0 saturated heterocycles. The van der Waals surface area contributed by atoms with Gasteiger partial charge in [-0.25, -0.2) is 9.59 Å². The Balaban J connectivity index is 1.80. The fourth-order valence-electron chi connectivity index (χ4n) is 3.80. The molecule has 0 spiro atoms. The van der Waals surface area contributed by atoms with E-state index in [2.05, 4.69) is 12.2 Å². The highest BCUT2D eigenvalue weighted by atomic mass is 32.1. The number of carbonyl (C=O) groups excluding carboxylic acids is 3. The van der Waals surface area contributed by atoms with Gasteiger partial charge in [0.25, 0.3) is 5.91 Å². The van der Waals surface area contributed by atoms with Crippen LogP contribution >= 0.6 is 11.3 Å². The van der Waals surface area contributed by atoms with Crippen LogP contribution in [0, 0.1) is 5.92 Å². The van der Waals surface area contributed by atoms with Crippen molar-refractivity contribution in [3.63, 3.8) is 0 Å². The summed E-state index contributed by atoms with van der Waals surface area (Å²) in [5, 5.41) is 3.20. The van der Waals surface area contributed by atoms with Crippen molar-refractivity contribution in [2.45, 2.75) is 46.1 Å². The summed E-state index contributed by atoms with van der Waals surface area (Å²) in [6, 6.07) is 4.89. The number of hydrogen-bond donors (Lipinski definition) is 1. The number of thiophene rings is 1. The number of rotatable bonds is 8. The lowest BCUT2D eigenvalue weighted by atomic mass is 9.88. The number of nitrogens with one attached hydrogen (secondary N) is 1. The van der Waals surface area contributed by atoms with Crippen molar-refractivity contribution in [2.24, 2.45) is 5.92 Å². The highest BCUT2D eigenvalue weighted by Crippen LogP contribution is 2.40. The molecule has 1 amide bonds. The molecular formula is C24H29NO7S. The second kappa shape index (κ2) is 10.7. The minimum atomic E-state index is -1.12. The van der Waals surface area contributed by atoms with Gasteiger partial charge in [0, 0.05) is 4.88 Å². The van der Waals surface area contributed by atoms with Gasteiger partial charge in [0.2, 0.25) is 0 Å². The summed E-state index contributed by atoms with van der Waals surface area (Å²) in [4.78, 5) is 39.4. The van der Waals surface area contributed by atoms with Crippen molar-refractivity contribution >= 4 is 34.2 Å². The molecule has 1 aliphatic carbocycles. The molecule has 2 atom stereocenters. The van der Waals surface area contributed by atoms with E-state index < -0.39 is 23.9 Å². The van der Waals surface area contributed by atoms with E-state index in [1.165, 1.54) is 32.5 Å². The number of hydrogen-bond acceptors (Lipinski definition) is 8. The minimum absolute atomic E-state index is 0.0925. The molecule has 0 saturated carbocycles. The molecule has 0 bridgehead atoms. The zero-order valence-electron chi connectivity index (χ0n) is 19.5. The molecule has 8 nitrogen and oxygen atoms in total. The molecule has 0 fully saturated rings. The minimum Gasteiger partial charge on any atom is -0.496 e. The molecule has 3 rings (SSSR count). The Morgan fingerprint density at radius 2 is 1.79 bits per heavy atom. The van der Waals surface area contributed by atoms with Gasteiger partial charge in [0.1, 0.15) is 22.1 Å². The summed E-state index contributed by atoms with van der Waals surface area (Å²) in [6.07, 6.45) is 1.45. The Morgan fingerprint density at radius 1 is 1.12 bits per heavy atom. The lowest BCUT2D eigenvalue weighted by molar-refractivity contribution is -0.123. The van der Waals surface area contributed by atoms with Gasteiger partial charge in [0.05, 0.1) is 26.4 Å². The zero-order chi connectivity index (χ0) is 24.1. The van der Waals surface area contributed by atoms with Gasteiger partial charge < -0.3 is 24.3 Å². The van der Waals surface area contributed by atoms with E-state index in [9.17, 15) is 14.4 Å². The van der Waals surface area contributed by atoms with Crippen molar-refractivity contribution < 1.29 is 33.3 Å². The summed E-state index contributed by atoms with van der Waals surface area (Å²) >= 11 is 1.38. The third kappa shape index (κ3) is 5.30. The van der Waals surface area contributed by atoms with Crippen molar-refractivity contribution in [1.82, 2.24) is 0 Å². The first-order valence-electron chi connectivity index (χ1n) is 10.8. The van der Waals surface area contributed by atoms with Crippen LogP contribution in [0.4, 0.5) is 5.00 Å². The average molecular weight is 476 g/mol. The topological polar surface area (TPSA) is 100 Å². The van der Waals surface area contributed by atoms with Crippen LogP contribution in [0.3, 0.4) is 0 Å². The Bertz CT molecular complexity index is 1020. The van der Waals surface area contributed by atoms with Crippen LogP contribution in [0.1, 0.15) is 58.3 Å². The second-order valence-corrected chi connectivity index (χ2v) is 8.96. The number of benzene rings is 1. The molecule has 1 heterocycles. The Hall–Kier alpha value is -3.07. The van der Waals surface area contributed by atoms with Gasteiger partial charge in [-0.15, -0.1) is 11.3 Å². The van der Waals surface area contributed by atoms with Crippen molar-refractivity contribution in [1.29, 1.82) is 0 Å². The van der Waals surface area contributed by atoms with E-state index in [1.807, 2.05) is 0 Å².